The Morgan fingerprint density at radius 3 is 2.65 bits per heavy atom. The van der Waals surface area contributed by atoms with Gasteiger partial charge in [0, 0.05) is 6.54 Å². The van der Waals surface area contributed by atoms with Crippen molar-refractivity contribution >= 4 is 5.91 Å². The molecule has 1 N–H and O–H groups in total. The third-order valence-corrected chi connectivity index (χ3v) is 3.10. The number of aryl methyl sites for hydroxylation is 2. The smallest absolute Gasteiger partial charge is 0.258 e. The highest BCUT2D eigenvalue weighted by Crippen LogP contribution is 2.12. The van der Waals surface area contributed by atoms with E-state index in [1.807, 2.05) is 62.4 Å². The molecule has 0 heterocycles. The maximum absolute atomic E-state index is 11.7. The van der Waals surface area contributed by atoms with Gasteiger partial charge in [0.1, 0.15) is 5.75 Å². The first-order chi connectivity index (χ1) is 9.65. The summed E-state index contributed by atoms with van der Waals surface area (Å²) in [5.74, 6) is 0.603. The molecule has 0 atom stereocenters. The minimum absolute atomic E-state index is 0.0370. The Morgan fingerprint density at radius 1 is 1.10 bits per heavy atom. The summed E-state index contributed by atoms with van der Waals surface area (Å²) in [6.45, 7) is 4.59. The summed E-state index contributed by atoms with van der Waals surface area (Å²) in [7, 11) is 0. The van der Waals surface area contributed by atoms with Crippen LogP contribution in [0.15, 0.2) is 48.5 Å². The molecule has 0 saturated heterocycles. The number of benzene rings is 2. The number of ether oxygens (including phenoxy) is 1. The second-order valence-electron chi connectivity index (χ2n) is 4.81. The minimum Gasteiger partial charge on any atom is -0.484 e. The molecule has 20 heavy (non-hydrogen) atoms. The summed E-state index contributed by atoms with van der Waals surface area (Å²) < 4.78 is 5.46. The van der Waals surface area contributed by atoms with Crippen molar-refractivity contribution in [2.75, 3.05) is 6.61 Å². The molecule has 2 rings (SSSR count). The Morgan fingerprint density at radius 2 is 1.90 bits per heavy atom. The van der Waals surface area contributed by atoms with E-state index in [2.05, 4.69) is 5.32 Å². The van der Waals surface area contributed by atoms with Gasteiger partial charge in [-0.05, 0) is 42.7 Å². The van der Waals surface area contributed by atoms with Crippen molar-refractivity contribution in [3.63, 3.8) is 0 Å². The molecule has 0 aliphatic rings. The van der Waals surface area contributed by atoms with Gasteiger partial charge in [0.15, 0.2) is 6.61 Å². The lowest BCUT2D eigenvalue weighted by Gasteiger charge is -2.09. The molecular weight excluding hydrogens is 250 g/mol. The van der Waals surface area contributed by atoms with Crippen LogP contribution in [-0.2, 0) is 11.3 Å². The largest absolute Gasteiger partial charge is 0.484 e. The van der Waals surface area contributed by atoms with Crippen LogP contribution in [0, 0.1) is 13.8 Å². The van der Waals surface area contributed by atoms with Crippen LogP contribution in [0.5, 0.6) is 5.75 Å². The van der Waals surface area contributed by atoms with Crippen molar-refractivity contribution in [2.45, 2.75) is 20.4 Å². The molecule has 2 aromatic carbocycles. The van der Waals surface area contributed by atoms with Gasteiger partial charge in [0.05, 0.1) is 0 Å². The second kappa shape index (κ2) is 6.75. The van der Waals surface area contributed by atoms with Crippen molar-refractivity contribution in [2.24, 2.45) is 0 Å². The molecule has 0 radical (unpaired) electrons. The lowest BCUT2D eigenvalue weighted by atomic mass is 10.1. The molecule has 0 bridgehead atoms. The van der Waals surface area contributed by atoms with Crippen molar-refractivity contribution in [1.29, 1.82) is 0 Å². The van der Waals surface area contributed by atoms with Gasteiger partial charge in [0.25, 0.3) is 5.91 Å². The van der Waals surface area contributed by atoms with Crippen LogP contribution >= 0.6 is 0 Å². The van der Waals surface area contributed by atoms with E-state index < -0.39 is 0 Å². The summed E-state index contributed by atoms with van der Waals surface area (Å²) in [5, 5.41) is 2.86. The van der Waals surface area contributed by atoms with Gasteiger partial charge < -0.3 is 10.1 Å². The highest BCUT2D eigenvalue weighted by atomic mass is 16.5. The van der Waals surface area contributed by atoms with Crippen LogP contribution in [0.25, 0.3) is 0 Å². The summed E-state index contributed by atoms with van der Waals surface area (Å²) in [4.78, 5) is 11.7. The van der Waals surface area contributed by atoms with E-state index in [1.54, 1.807) is 0 Å². The Balaban J connectivity index is 1.80. The summed E-state index contributed by atoms with van der Waals surface area (Å²) in [5.41, 5.74) is 3.41. The molecule has 2 aromatic rings. The zero-order chi connectivity index (χ0) is 14.4. The molecular formula is C17H19NO2. The molecule has 1 amide bonds. The number of carbonyl (C=O) groups is 1. The topological polar surface area (TPSA) is 38.3 Å². The van der Waals surface area contributed by atoms with Crippen LogP contribution in [0.4, 0.5) is 0 Å². The van der Waals surface area contributed by atoms with Gasteiger partial charge in [-0.2, -0.15) is 0 Å². The highest BCUT2D eigenvalue weighted by molar-refractivity contribution is 5.77. The molecule has 0 aromatic heterocycles. The van der Waals surface area contributed by atoms with Crippen molar-refractivity contribution in [3.8, 4) is 5.75 Å². The molecule has 0 fully saturated rings. The molecule has 0 unspecified atom stereocenters. The molecule has 0 saturated carbocycles. The maximum atomic E-state index is 11.7. The SMILES string of the molecule is Cc1cccc(OCC(=O)NCc2ccccc2C)c1. The van der Waals surface area contributed by atoms with Gasteiger partial charge >= 0.3 is 0 Å². The molecule has 3 nitrogen and oxygen atoms in total. The monoisotopic (exact) mass is 269 g/mol. The van der Waals surface area contributed by atoms with Crippen LogP contribution in [-0.4, -0.2) is 12.5 Å². The predicted molar refractivity (Wildman–Crippen MR) is 79.7 cm³/mol. The fourth-order valence-electron chi connectivity index (χ4n) is 1.91. The van der Waals surface area contributed by atoms with E-state index in [0.29, 0.717) is 6.54 Å². The fraction of sp³-hybridized carbons (Fsp3) is 0.235. The zero-order valence-electron chi connectivity index (χ0n) is 11.8. The summed E-state index contributed by atoms with van der Waals surface area (Å²) in [6, 6.07) is 15.7. The Kier molecular flexibility index (Phi) is 4.77. The summed E-state index contributed by atoms with van der Waals surface area (Å²) in [6.07, 6.45) is 0. The Labute approximate surface area is 119 Å². The Hall–Kier alpha value is -2.29. The Bertz CT molecular complexity index is 593. The molecule has 0 aliphatic carbocycles. The number of hydrogen-bond donors (Lipinski definition) is 1. The molecule has 0 spiro atoms. The van der Waals surface area contributed by atoms with Gasteiger partial charge in [-0.1, -0.05) is 36.4 Å². The first kappa shape index (κ1) is 14.1. The van der Waals surface area contributed by atoms with Crippen LogP contribution < -0.4 is 10.1 Å². The third-order valence-electron chi connectivity index (χ3n) is 3.10. The standard InChI is InChI=1S/C17H19NO2/c1-13-6-5-9-16(10-13)20-12-17(19)18-11-15-8-4-3-7-14(15)2/h3-10H,11-12H2,1-2H3,(H,18,19). The van der Waals surface area contributed by atoms with Gasteiger partial charge in [-0.15, -0.1) is 0 Å². The number of carbonyl (C=O) groups excluding carboxylic acids is 1. The number of rotatable bonds is 5. The fourth-order valence-corrected chi connectivity index (χ4v) is 1.91. The second-order valence-corrected chi connectivity index (χ2v) is 4.81. The normalized spacial score (nSPS) is 10.1. The lowest BCUT2D eigenvalue weighted by Crippen LogP contribution is -2.28. The summed E-state index contributed by atoms with van der Waals surface area (Å²) >= 11 is 0. The number of amides is 1. The lowest BCUT2D eigenvalue weighted by molar-refractivity contribution is -0.123. The molecule has 3 heteroatoms. The maximum Gasteiger partial charge on any atom is 0.258 e. The number of nitrogens with one attached hydrogen (secondary N) is 1. The first-order valence-corrected chi connectivity index (χ1v) is 6.66. The van der Waals surface area contributed by atoms with Crippen LogP contribution in [0.3, 0.4) is 0 Å². The van der Waals surface area contributed by atoms with E-state index in [-0.39, 0.29) is 12.5 Å². The van der Waals surface area contributed by atoms with Gasteiger partial charge in [0.2, 0.25) is 0 Å². The zero-order valence-corrected chi connectivity index (χ0v) is 11.8. The van der Waals surface area contributed by atoms with E-state index in [1.165, 1.54) is 5.56 Å². The number of hydrogen-bond acceptors (Lipinski definition) is 2. The van der Waals surface area contributed by atoms with Gasteiger partial charge in [-0.25, -0.2) is 0 Å². The quantitative estimate of drug-likeness (QED) is 0.906. The van der Waals surface area contributed by atoms with Gasteiger partial charge in [-0.3, -0.25) is 4.79 Å². The first-order valence-electron chi connectivity index (χ1n) is 6.66. The third kappa shape index (κ3) is 4.12. The van der Waals surface area contributed by atoms with Crippen LogP contribution in [0.2, 0.25) is 0 Å². The molecule has 104 valence electrons. The van der Waals surface area contributed by atoms with E-state index in [9.17, 15) is 4.79 Å². The van der Waals surface area contributed by atoms with E-state index >= 15 is 0 Å². The van der Waals surface area contributed by atoms with Crippen molar-refractivity contribution in [1.82, 2.24) is 5.32 Å². The van der Waals surface area contributed by atoms with E-state index in [0.717, 1.165) is 16.9 Å². The van der Waals surface area contributed by atoms with Crippen LogP contribution in [0.1, 0.15) is 16.7 Å². The highest BCUT2D eigenvalue weighted by Gasteiger charge is 2.04. The van der Waals surface area contributed by atoms with E-state index in [4.69, 9.17) is 4.74 Å². The minimum atomic E-state index is -0.116. The average Bonchev–Trinajstić information content (AvgIpc) is 2.44. The predicted octanol–water partition coefficient (Wildman–Crippen LogP) is 3.00. The van der Waals surface area contributed by atoms with Crippen molar-refractivity contribution in [3.05, 3.63) is 65.2 Å². The molecule has 0 aliphatic heterocycles. The average molecular weight is 269 g/mol. The van der Waals surface area contributed by atoms with Crippen molar-refractivity contribution < 1.29 is 9.53 Å².